The number of aliphatic hydroxyl groups excluding tert-OH is 2. The number of amides is 2. The third-order valence-electron chi connectivity index (χ3n) is 5.21. The SMILES string of the molecule is O=C(NCCc1cccs1)[C@H](O)[C@@H](O)C(=O)N1CCC[C@@H]1c1cccc(C(F)(F)F)c1. The van der Waals surface area contributed by atoms with E-state index in [-0.39, 0.29) is 13.1 Å². The van der Waals surface area contributed by atoms with Gasteiger partial charge in [0.15, 0.2) is 12.2 Å². The van der Waals surface area contributed by atoms with E-state index in [0.29, 0.717) is 24.8 Å². The van der Waals surface area contributed by atoms with Crippen LogP contribution < -0.4 is 5.32 Å². The molecule has 3 rings (SSSR count). The second-order valence-corrected chi connectivity index (χ2v) is 8.36. The van der Waals surface area contributed by atoms with E-state index in [1.165, 1.54) is 28.4 Å². The molecule has 1 aromatic carbocycles. The zero-order chi connectivity index (χ0) is 22.6. The summed E-state index contributed by atoms with van der Waals surface area (Å²) in [4.78, 5) is 27.1. The van der Waals surface area contributed by atoms with Crippen molar-refractivity contribution in [2.75, 3.05) is 13.1 Å². The molecule has 0 radical (unpaired) electrons. The zero-order valence-corrected chi connectivity index (χ0v) is 17.3. The van der Waals surface area contributed by atoms with Crippen molar-refractivity contribution in [2.45, 2.75) is 43.7 Å². The number of hydrogen-bond donors (Lipinski definition) is 3. The standard InChI is InChI=1S/C21H23F3N2O4S/c22-21(23,24)14-5-1-4-13(12-14)16-7-2-10-26(16)20(30)18(28)17(27)19(29)25-9-8-15-6-3-11-31-15/h1,3-6,11-12,16-18,27-28H,2,7-10H2,(H,25,29)/t16-,17-,18-/m1/s1. The van der Waals surface area contributed by atoms with Gasteiger partial charge in [-0.05, 0) is 48.4 Å². The largest absolute Gasteiger partial charge is 0.416 e. The first-order valence-electron chi connectivity index (χ1n) is 9.82. The number of carbonyl (C=O) groups excluding carboxylic acids is 2. The molecule has 1 aliphatic heterocycles. The fourth-order valence-corrected chi connectivity index (χ4v) is 4.32. The Bertz CT molecular complexity index is 904. The molecule has 168 valence electrons. The van der Waals surface area contributed by atoms with Crippen LogP contribution in [0.5, 0.6) is 0 Å². The number of rotatable bonds is 7. The second kappa shape index (κ2) is 9.80. The average Bonchev–Trinajstić information content (AvgIpc) is 3.43. The molecule has 3 N–H and O–H groups in total. The lowest BCUT2D eigenvalue weighted by atomic mass is 10.0. The molecule has 6 nitrogen and oxygen atoms in total. The number of likely N-dealkylation sites (tertiary alicyclic amines) is 1. The van der Waals surface area contributed by atoms with Gasteiger partial charge in [0.05, 0.1) is 11.6 Å². The molecule has 0 spiro atoms. The topological polar surface area (TPSA) is 89.9 Å². The summed E-state index contributed by atoms with van der Waals surface area (Å²) in [6.45, 7) is 0.442. The minimum Gasteiger partial charge on any atom is -0.380 e. The van der Waals surface area contributed by atoms with Gasteiger partial charge < -0.3 is 20.4 Å². The van der Waals surface area contributed by atoms with Crippen molar-refractivity contribution in [1.29, 1.82) is 0 Å². The lowest BCUT2D eigenvalue weighted by Gasteiger charge is -2.29. The van der Waals surface area contributed by atoms with Crippen LogP contribution in [0.25, 0.3) is 0 Å². The quantitative estimate of drug-likeness (QED) is 0.597. The highest BCUT2D eigenvalue weighted by Crippen LogP contribution is 2.36. The third kappa shape index (κ3) is 5.63. The Morgan fingerprint density at radius 3 is 2.65 bits per heavy atom. The monoisotopic (exact) mass is 456 g/mol. The molecule has 1 aromatic heterocycles. The summed E-state index contributed by atoms with van der Waals surface area (Å²) in [5.74, 6) is -1.77. The summed E-state index contributed by atoms with van der Waals surface area (Å²) in [6.07, 6.45) is -7.00. The Balaban J connectivity index is 1.63. The van der Waals surface area contributed by atoms with Crippen LogP contribution in [0.3, 0.4) is 0 Å². The lowest BCUT2D eigenvalue weighted by molar-refractivity contribution is -0.153. The highest BCUT2D eigenvalue weighted by atomic mass is 32.1. The highest BCUT2D eigenvalue weighted by molar-refractivity contribution is 7.09. The molecule has 3 atom stereocenters. The van der Waals surface area contributed by atoms with Crippen molar-refractivity contribution in [3.8, 4) is 0 Å². The molecule has 2 heterocycles. The maximum absolute atomic E-state index is 13.0. The first-order valence-corrected chi connectivity index (χ1v) is 10.7. The Labute approximate surface area is 181 Å². The molecule has 1 fully saturated rings. The van der Waals surface area contributed by atoms with Crippen molar-refractivity contribution in [2.24, 2.45) is 0 Å². The molecule has 0 bridgehead atoms. The van der Waals surface area contributed by atoms with Gasteiger partial charge in [0, 0.05) is 18.0 Å². The summed E-state index contributed by atoms with van der Waals surface area (Å²) < 4.78 is 39.1. The van der Waals surface area contributed by atoms with Crippen molar-refractivity contribution in [3.05, 3.63) is 57.8 Å². The van der Waals surface area contributed by atoms with Crippen molar-refractivity contribution >= 4 is 23.2 Å². The first kappa shape index (κ1) is 23.2. The number of hydrogen-bond acceptors (Lipinski definition) is 5. The normalized spacial score (nSPS) is 18.6. The van der Waals surface area contributed by atoms with Gasteiger partial charge in [-0.25, -0.2) is 0 Å². The van der Waals surface area contributed by atoms with Crippen molar-refractivity contribution < 1.29 is 33.0 Å². The maximum atomic E-state index is 13.0. The summed E-state index contributed by atoms with van der Waals surface area (Å²) >= 11 is 1.52. The number of aliphatic hydroxyl groups is 2. The van der Waals surface area contributed by atoms with E-state index in [1.807, 2.05) is 17.5 Å². The summed E-state index contributed by atoms with van der Waals surface area (Å²) in [7, 11) is 0. The van der Waals surface area contributed by atoms with Crippen LogP contribution in [-0.4, -0.2) is 52.2 Å². The number of benzene rings is 1. The summed E-state index contributed by atoms with van der Waals surface area (Å²) in [5.41, 5.74) is -0.530. The van der Waals surface area contributed by atoms with Crippen LogP contribution in [0.15, 0.2) is 41.8 Å². The number of alkyl halides is 3. The van der Waals surface area contributed by atoms with Crippen molar-refractivity contribution in [1.82, 2.24) is 10.2 Å². The van der Waals surface area contributed by atoms with E-state index < -0.39 is 41.8 Å². The third-order valence-corrected chi connectivity index (χ3v) is 6.14. The Morgan fingerprint density at radius 2 is 1.97 bits per heavy atom. The van der Waals surface area contributed by atoms with Gasteiger partial charge in [-0.1, -0.05) is 18.2 Å². The van der Waals surface area contributed by atoms with E-state index in [9.17, 15) is 33.0 Å². The van der Waals surface area contributed by atoms with Gasteiger partial charge in [0.2, 0.25) is 0 Å². The molecule has 31 heavy (non-hydrogen) atoms. The maximum Gasteiger partial charge on any atom is 0.416 e. The molecule has 2 aromatic rings. The number of thiophene rings is 1. The van der Waals surface area contributed by atoms with Gasteiger partial charge in [0.1, 0.15) is 0 Å². The van der Waals surface area contributed by atoms with Crippen LogP contribution in [0.1, 0.15) is 34.9 Å². The Kier molecular flexibility index (Phi) is 7.34. The van der Waals surface area contributed by atoms with Crippen LogP contribution >= 0.6 is 11.3 Å². The summed E-state index contributed by atoms with van der Waals surface area (Å²) in [5, 5.41) is 24.8. The molecule has 1 aliphatic rings. The van der Waals surface area contributed by atoms with E-state index in [4.69, 9.17) is 0 Å². The molecule has 0 saturated carbocycles. The van der Waals surface area contributed by atoms with E-state index in [0.717, 1.165) is 17.0 Å². The lowest BCUT2D eigenvalue weighted by Crippen LogP contribution is -2.50. The molecule has 0 aliphatic carbocycles. The van der Waals surface area contributed by atoms with Crippen LogP contribution in [0.2, 0.25) is 0 Å². The van der Waals surface area contributed by atoms with Crippen LogP contribution in [0.4, 0.5) is 13.2 Å². The predicted molar refractivity (Wildman–Crippen MR) is 108 cm³/mol. The molecule has 2 amide bonds. The zero-order valence-electron chi connectivity index (χ0n) is 16.5. The second-order valence-electron chi connectivity index (χ2n) is 7.32. The number of nitrogens with one attached hydrogen (secondary N) is 1. The van der Waals surface area contributed by atoms with E-state index >= 15 is 0 Å². The van der Waals surface area contributed by atoms with Gasteiger partial charge in [-0.2, -0.15) is 13.2 Å². The van der Waals surface area contributed by atoms with Crippen molar-refractivity contribution in [3.63, 3.8) is 0 Å². The minimum absolute atomic E-state index is 0.212. The Hall–Kier alpha value is -2.43. The summed E-state index contributed by atoms with van der Waals surface area (Å²) in [6, 6.07) is 7.79. The Morgan fingerprint density at radius 1 is 1.19 bits per heavy atom. The van der Waals surface area contributed by atoms with E-state index in [1.54, 1.807) is 0 Å². The van der Waals surface area contributed by atoms with Gasteiger partial charge in [0.25, 0.3) is 11.8 Å². The number of nitrogens with zero attached hydrogens (tertiary/aromatic N) is 1. The molecule has 0 unspecified atom stereocenters. The minimum atomic E-state index is -4.51. The van der Waals surface area contributed by atoms with Gasteiger partial charge >= 0.3 is 6.18 Å². The van der Waals surface area contributed by atoms with Crippen LogP contribution in [-0.2, 0) is 22.2 Å². The molecular weight excluding hydrogens is 433 g/mol. The van der Waals surface area contributed by atoms with Gasteiger partial charge in [-0.15, -0.1) is 11.3 Å². The molecular formula is C21H23F3N2O4S. The number of halogens is 3. The van der Waals surface area contributed by atoms with E-state index in [2.05, 4.69) is 5.32 Å². The van der Waals surface area contributed by atoms with Crippen LogP contribution in [0, 0.1) is 0 Å². The smallest absolute Gasteiger partial charge is 0.380 e. The fourth-order valence-electron chi connectivity index (χ4n) is 3.62. The van der Waals surface area contributed by atoms with Gasteiger partial charge in [-0.3, -0.25) is 9.59 Å². The predicted octanol–water partition coefficient (Wildman–Crippen LogP) is 2.51. The fraction of sp³-hybridized carbons (Fsp3) is 0.429. The first-order chi connectivity index (χ1) is 14.7. The number of carbonyl (C=O) groups is 2. The molecule has 1 saturated heterocycles. The highest BCUT2D eigenvalue weighted by Gasteiger charge is 2.39. The average molecular weight is 456 g/mol. The molecule has 10 heteroatoms.